The van der Waals surface area contributed by atoms with E-state index in [4.69, 9.17) is 5.11 Å². The van der Waals surface area contributed by atoms with Crippen molar-refractivity contribution in [3.63, 3.8) is 0 Å². The van der Waals surface area contributed by atoms with E-state index in [2.05, 4.69) is 5.32 Å². The lowest BCUT2D eigenvalue weighted by molar-refractivity contribution is 0.114. The van der Waals surface area contributed by atoms with E-state index in [0.717, 1.165) is 0 Å². The van der Waals surface area contributed by atoms with Gasteiger partial charge < -0.3 is 10.4 Å². The van der Waals surface area contributed by atoms with Gasteiger partial charge >= 0.3 is 0 Å². The summed E-state index contributed by atoms with van der Waals surface area (Å²) in [6.07, 6.45) is 0. The van der Waals surface area contributed by atoms with Gasteiger partial charge in [0.25, 0.3) is 0 Å². The molecule has 1 heterocycles. The number of halogens is 2. The van der Waals surface area contributed by atoms with E-state index in [9.17, 15) is 8.78 Å². The number of aliphatic hydroxyl groups is 1. The number of rotatable bonds is 1. The maximum absolute atomic E-state index is 13.1. The molecular weight excluding hydrogens is 140 g/mol. The van der Waals surface area contributed by atoms with Crippen LogP contribution < -0.4 is 5.32 Å². The second-order valence-corrected chi connectivity index (χ2v) is 2.42. The molecule has 0 radical (unpaired) electrons. The minimum atomic E-state index is -1.88. The van der Waals surface area contributed by atoms with E-state index in [0.29, 0.717) is 0 Å². The zero-order valence-corrected chi connectivity index (χ0v) is 5.62. The Morgan fingerprint density at radius 1 is 1.80 bits per heavy atom. The Balaban J connectivity index is 2.85. The van der Waals surface area contributed by atoms with Gasteiger partial charge in [0.2, 0.25) is 0 Å². The normalized spacial score (nSPS) is 32.8. The first kappa shape index (κ1) is 7.47. The molecule has 0 aromatic carbocycles. The predicted octanol–water partition coefficient (Wildman–Crippen LogP) is 0.491. The highest BCUT2D eigenvalue weighted by Gasteiger charge is 2.38. The van der Waals surface area contributed by atoms with Crippen molar-refractivity contribution >= 4 is 0 Å². The lowest BCUT2D eigenvalue weighted by atomic mass is 10.0. The van der Waals surface area contributed by atoms with Crippen LogP contribution in [0.2, 0.25) is 0 Å². The number of aliphatic hydroxyl groups excluding tert-OH is 1. The third-order valence-electron chi connectivity index (χ3n) is 1.78. The van der Waals surface area contributed by atoms with Crippen LogP contribution in [0.1, 0.15) is 6.92 Å². The van der Waals surface area contributed by atoms with Gasteiger partial charge in [0.1, 0.15) is 0 Å². The van der Waals surface area contributed by atoms with Crippen molar-refractivity contribution in [1.29, 1.82) is 0 Å². The van der Waals surface area contributed by atoms with Gasteiger partial charge in [0.15, 0.2) is 11.6 Å². The molecule has 58 valence electrons. The molecule has 2 nitrogen and oxygen atoms in total. The molecular formula is C6H9F2NO. The van der Waals surface area contributed by atoms with Crippen LogP contribution in [0.15, 0.2) is 11.5 Å². The Labute approximate surface area is 57.5 Å². The van der Waals surface area contributed by atoms with E-state index in [1.807, 2.05) is 0 Å². The van der Waals surface area contributed by atoms with Crippen LogP contribution in [-0.4, -0.2) is 23.9 Å². The van der Waals surface area contributed by atoms with Crippen LogP contribution in [0.5, 0.6) is 0 Å². The van der Waals surface area contributed by atoms with Crippen molar-refractivity contribution in [3.05, 3.63) is 11.5 Å². The van der Waals surface area contributed by atoms with Crippen molar-refractivity contribution in [1.82, 2.24) is 5.32 Å². The Morgan fingerprint density at radius 2 is 2.40 bits per heavy atom. The highest BCUT2D eigenvalue weighted by atomic mass is 19.2. The highest BCUT2D eigenvalue weighted by Crippen LogP contribution is 2.28. The molecule has 0 amide bonds. The summed E-state index contributed by atoms with van der Waals surface area (Å²) in [5, 5.41) is 10.7. The Hall–Kier alpha value is -0.640. The lowest BCUT2D eigenvalue weighted by Crippen LogP contribution is -2.33. The Morgan fingerprint density at radius 3 is 2.60 bits per heavy atom. The van der Waals surface area contributed by atoms with E-state index >= 15 is 0 Å². The number of hydrogen-bond acceptors (Lipinski definition) is 2. The predicted molar refractivity (Wildman–Crippen MR) is 32.7 cm³/mol. The fourth-order valence-corrected chi connectivity index (χ4v) is 0.854. The Kier molecular flexibility index (Phi) is 1.64. The smallest absolute Gasteiger partial charge is 0.189 e. The Bertz CT molecular complexity index is 181. The van der Waals surface area contributed by atoms with Gasteiger partial charge in [-0.2, -0.15) is 4.39 Å². The summed E-state index contributed by atoms with van der Waals surface area (Å²) in [7, 11) is 0. The third kappa shape index (κ3) is 0.883. The summed E-state index contributed by atoms with van der Waals surface area (Å²) in [5.74, 6) is -0.656. The summed E-state index contributed by atoms with van der Waals surface area (Å²) in [4.78, 5) is 0. The molecule has 0 saturated heterocycles. The first-order valence-corrected chi connectivity index (χ1v) is 3.00. The molecule has 1 aliphatic heterocycles. The van der Waals surface area contributed by atoms with Crippen molar-refractivity contribution in [2.45, 2.75) is 12.6 Å². The first-order chi connectivity index (χ1) is 4.60. The van der Waals surface area contributed by atoms with Gasteiger partial charge in [0.05, 0.1) is 13.2 Å². The average Bonchev–Trinajstić information content (AvgIpc) is 2.19. The summed E-state index contributed by atoms with van der Waals surface area (Å²) in [6, 6.07) is 0. The minimum Gasteiger partial charge on any atom is -0.393 e. The molecule has 0 aromatic rings. The fraction of sp³-hybridized carbons (Fsp3) is 0.667. The maximum Gasteiger partial charge on any atom is 0.189 e. The average molecular weight is 149 g/mol. The van der Waals surface area contributed by atoms with Crippen molar-refractivity contribution < 1.29 is 13.9 Å². The molecule has 0 fully saturated rings. The van der Waals surface area contributed by atoms with Gasteiger partial charge in [0, 0.05) is 5.57 Å². The molecule has 0 aliphatic carbocycles. The van der Waals surface area contributed by atoms with Gasteiger partial charge in [-0.3, -0.25) is 0 Å². The van der Waals surface area contributed by atoms with Gasteiger partial charge in [-0.1, -0.05) is 0 Å². The van der Waals surface area contributed by atoms with Crippen LogP contribution in [-0.2, 0) is 0 Å². The van der Waals surface area contributed by atoms with E-state index in [1.54, 1.807) is 0 Å². The van der Waals surface area contributed by atoms with E-state index in [-0.39, 0.29) is 12.1 Å². The zero-order chi connectivity index (χ0) is 7.78. The second-order valence-electron chi connectivity index (χ2n) is 2.42. The molecule has 1 atom stereocenters. The van der Waals surface area contributed by atoms with E-state index < -0.39 is 18.2 Å². The van der Waals surface area contributed by atoms with Crippen LogP contribution in [0.3, 0.4) is 0 Å². The lowest BCUT2D eigenvalue weighted by Gasteiger charge is -2.15. The third-order valence-corrected chi connectivity index (χ3v) is 1.78. The molecule has 1 aliphatic rings. The van der Waals surface area contributed by atoms with Crippen LogP contribution >= 0.6 is 0 Å². The standard InChI is InChI=1S/C6H9F2NO/c1-4-5(7)9-2-6(4,8)3-10/h9-10H,2-3H2,1H3. The monoisotopic (exact) mass is 149 g/mol. The minimum absolute atomic E-state index is 0.0463. The van der Waals surface area contributed by atoms with Crippen LogP contribution in [0.25, 0.3) is 0 Å². The number of hydrogen-bond donors (Lipinski definition) is 2. The van der Waals surface area contributed by atoms with E-state index in [1.165, 1.54) is 6.92 Å². The molecule has 0 saturated carbocycles. The number of alkyl halides is 1. The molecule has 1 unspecified atom stereocenters. The van der Waals surface area contributed by atoms with Crippen LogP contribution in [0.4, 0.5) is 8.78 Å². The topological polar surface area (TPSA) is 32.3 Å². The summed E-state index contributed by atoms with van der Waals surface area (Å²) < 4.78 is 25.5. The maximum atomic E-state index is 13.1. The summed E-state index contributed by atoms with van der Waals surface area (Å²) >= 11 is 0. The second kappa shape index (κ2) is 2.20. The summed E-state index contributed by atoms with van der Waals surface area (Å²) in [5.41, 5.74) is -1.93. The quantitative estimate of drug-likeness (QED) is 0.532. The number of nitrogens with one attached hydrogen (secondary N) is 1. The molecule has 10 heavy (non-hydrogen) atoms. The summed E-state index contributed by atoms with van der Waals surface area (Å²) in [6.45, 7) is 0.492. The molecule has 4 heteroatoms. The van der Waals surface area contributed by atoms with Gasteiger partial charge in [-0.05, 0) is 6.92 Å². The molecule has 0 spiro atoms. The largest absolute Gasteiger partial charge is 0.393 e. The van der Waals surface area contributed by atoms with Crippen molar-refractivity contribution in [3.8, 4) is 0 Å². The van der Waals surface area contributed by atoms with Crippen molar-refractivity contribution in [2.75, 3.05) is 13.2 Å². The SMILES string of the molecule is CC1=C(F)NCC1(F)CO. The zero-order valence-electron chi connectivity index (χ0n) is 5.62. The molecule has 2 N–H and O–H groups in total. The molecule has 1 rings (SSSR count). The van der Waals surface area contributed by atoms with Gasteiger partial charge in [-0.25, -0.2) is 4.39 Å². The first-order valence-electron chi connectivity index (χ1n) is 3.00. The van der Waals surface area contributed by atoms with Crippen molar-refractivity contribution in [2.24, 2.45) is 0 Å². The molecule has 0 aromatic heterocycles. The van der Waals surface area contributed by atoms with Gasteiger partial charge in [-0.15, -0.1) is 0 Å². The fourth-order valence-electron chi connectivity index (χ4n) is 0.854. The highest BCUT2D eigenvalue weighted by molar-refractivity contribution is 5.24. The molecule has 0 bridgehead atoms. The van der Waals surface area contributed by atoms with Crippen LogP contribution in [0, 0.1) is 0 Å².